The minimum atomic E-state index is -3.56. The number of ether oxygens (including phenoxy) is 1. The standard InChI is InChI=1S/C19H24N2O4S2/c1-15-9-11-21(12-10-15)18(22)14-25-17-7-5-16(6-8-17)20(2)27(23,24)19-4-3-13-26-19/h3-8,13,15H,9-12,14H2,1-2H3. The molecule has 2 heterocycles. The van der Waals surface area contributed by atoms with Crippen LogP contribution in [-0.4, -0.2) is 46.0 Å². The van der Waals surface area contributed by atoms with Gasteiger partial charge in [-0.25, -0.2) is 8.42 Å². The van der Waals surface area contributed by atoms with Crippen molar-refractivity contribution >= 4 is 33.0 Å². The maximum atomic E-state index is 12.5. The summed E-state index contributed by atoms with van der Waals surface area (Å²) >= 11 is 1.18. The fourth-order valence-electron chi connectivity index (χ4n) is 2.93. The highest BCUT2D eigenvalue weighted by Crippen LogP contribution is 2.26. The highest BCUT2D eigenvalue weighted by atomic mass is 32.2. The lowest BCUT2D eigenvalue weighted by Gasteiger charge is -2.30. The topological polar surface area (TPSA) is 66.9 Å². The van der Waals surface area contributed by atoms with Gasteiger partial charge in [0.15, 0.2) is 6.61 Å². The molecule has 1 amide bonds. The van der Waals surface area contributed by atoms with Gasteiger partial charge in [0.25, 0.3) is 15.9 Å². The SMILES string of the molecule is CC1CCN(C(=O)COc2ccc(N(C)S(=O)(=O)c3cccs3)cc2)CC1. The van der Waals surface area contributed by atoms with Gasteiger partial charge in [0.2, 0.25) is 0 Å². The van der Waals surface area contributed by atoms with Crippen molar-refractivity contribution in [3.05, 3.63) is 41.8 Å². The van der Waals surface area contributed by atoms with Gasteiger partial charge in [-0.2, -0.15) is 0 Å². The van der Waals surface area contributed by atoms with Gasteiger partial charge in [-0.05, 0) is 54.5 Å². The van der Waals surface area contributed by atoms with E-state index in [1.165, 1.54) is 22.7 Å². The predicted molar refractivity (Wildman–Crippen MR) is 107 cm³/mol. The van der Waals surface area contributed by atoms with E-state index >= 15 is 0 Å². The number of sulfonamides is 1. The number of anilines is 1. The maximum Gasteiger partial charge on any atom is 0.273 e. The lowest BCUT2D eigenvalue weighted by Crippen LogP contribution is -2.40. The molecule has 1 saturated heterocycles. The maximum absolute atomic E-state index is 12.5. The molecule has 6 nitrogen and oxygen atoms in total. The highest BCUT2D eigenvalue weighted by molar-refractivity contribution is 7.94. The monoisotopic (exact) mass is 408 g/mol. The first-order chi connectivity index (χ1) is 12.9. The number of hydrogen-bond donors (Lipinski definition) is 0. The third-order valence-electron chi connectivity index (χ3n) is 4.81. The van der Waals surface area contributed by atoms with E-state index in [1.54, 1.807) is 41.8 Å². The van der Waals surface area contributed by atoms with Crippen LogP contribution in [0.5, 0.6) is 5.75 Å². The van der Waals surface area contributed by atoms with Gasteiger partial charge in [0, 0.05) is 20.1 Å². The van der Waals surface area contributed by atoms with E-state index in [2.05, 4.69) is 6.92 Å². The number of nitrogens with zero attached hydrogens (tertiary/aromatic N) is 2. The highest BCUT2D eigenvalue weighted by Gasteiger charge is 2.23. The molecule has 1 aliphatic rings. The van der Waals surface area contributed by atoms with Crippen molar-refractivity contribution in [1.29, 1.82) is 0 Å². The molecule has 0 N–H and O–H groups in total. The second-order valence-corrected chi connectivity index (χ2v) is 9.89. The molecule has 0 radical (unpaired) electrons. The van der Waals surface area contributed by atoms with Crippen LogP contribution in [-0.2, 0) is 14.8 Å². The van der Waals surface area contributed by atoms with Crippen molar-refractivity contribution in [1.82, 2.24) is 4.90 Å². The number of carbonyl (C=O) groups excluding carboxylic acids is 1. The summed E-state index contributed by atoms with van der Waals surface area (Å²) in [5, 5.41) is 1.73. The average molecular weight is 409 g/mol. The molecule has 0 aliphatic carbocycles. The minimum Gasteiger partial charge on any atom is -0.484 e. The molecule has 3 rings (SSSR count). The van der Waals surface area contributed by atoms with Crippen molar-refractivity contribution in [2.75, 3.05) is 31.0 Å². The first-order valence-electron chi connectivity index (χ1n) is 8.91. The summed E-state index contributed by atoms with van der Waals surface area (Å²) in [4.78, 5) is 14.1. The summed E-state index contributed by atoms with van der Waals surface area (Å²) in [5.74, 6) is 1.20. The van der Waals surface area contributed by atoms with Crippen LogP contribution >= 0.6 is 11.3 Å². The second kappa shape index (κ2) is 8.31. The Bertz CT molecular complexity index is 856. The smallest absolute Gasteiger partial charge is 0.273 e. The van der Waals surface area contributed by atoms with E-state index in [9.17, 15) is 13.2 Å². The molecule has 0 spiro atoms. The van der Waals surface area contributed by atoms with Crippen molar-refractivity contribution in [3.63, 3.8) is 0 Å². The number of carbonyl (C=O) groups is 1. The molecular weight excluding hydrogens is 384 g/mol. The average Bonchev–Trinajstić information content (AvgIpc) is 3.22. The molecule has 1 aromatic carbocycles. The lowest BCUT2D eigenvalue weighted by molar-refractivity contribution is -0.134. The summed E-state index contributed by atoms with van der Waals surface area (Å²) in [6.45, 7) is 3.77. The summed E-state index contributed by atoms with van der Waals surface area (Å²) in [6.07, 6.45) is 2.07. The molecule has 2 aromatic rings. The summed E-state index contributed by atoms with van der Waals surface area (Å²) in [5.41, 5.74) is 0.534. The van der Waals surface area contributed by atoms with Gasteiger partial charge in [-0.1, -0.05) is 13.0 Å². The Labute approximate surface area is 164 Å². The number of piperidine rings is 1. The zero-order chi connectivity index (χ0) is 19.4. The number of benzene rings is 1. The van der Waals surface area contributed by atoms with Crippen molar-refractivity contribution in [3.8, 4) is 5.75 Å². The van der Waals surface area contributed by atoms with Crippen molar-refractivity contribution in [2.45, 2.75) is 24.0 Å². The van der Waals surface area contributed by atoms with Gasteiger partial charge >= 0.3 is 0 Å². The van der Waals surface area contributed by atoms with E-state index < -0.39 is 10.0 Å². The molecule has 1 aliphatic heterocycles. The molecule has 0 saturated carbocycles. The minimum absolute atomic E-state index is 0.00292. The number of hydrogen-bond acceptors (Lipinski definition) is 5. The number of likely N-dealkylation sites (tertiary alicyclic amines) is 1. The van der Waals surface area contributed by atoms with Crippen LogP contribution in [0.15, 0.2) is 46.0 Å². The molecule has 1 fully saturated rings. The Balaban J connectivity index is 1.58. The number of thiophene rings is 1. The van der Waals surface area contributed by atoms with E-state index in [1.807, 2.05) is 4.90 Å². The second-order valence-electron chi connectivity index (χ2n) is 6.75. The fraction of sp³-hybridized carbons (Fsp3) is 0.421. The van der Waals surface area contributed by atoms with Crippen LogP contribution in [0.4, 0.5) is 5.69 Å². The van der Waals surface area contributed by atoms with Gasteiger partial charge in [-0.3, -0.25) is 9.10 Å². The fourth-order valence-corrected chi connectivity index (χ4v) is 5.29. The Morgan fingerprint density at radius 3 is 2.48 bits per heavy atom. The van der Waals surface area contributed by atoms with E-state index in [-0.39, 0.29) is 12.5 Å². The van der Waals surface area contributed by atoms with E-state index in [4.69, 9.17) is 4.74 Å². The third-order valence-corrected chi connectivity index (χ3v) is 7.97. The molecule has 146 valence electrons. The Morgan fingerprint density at radius 1 is 1.22 bits per heavy atom. The summed E-state index contributed by atoms with van der Waals surface area (Å²) in [7, 11) is -2.04. The molecule has 0 unspecified atom stereocenters. The first-order valence-corrected chi connectivity index (χ1v) is 11.2. The van der Waals surface area contributed by atoms with Crippen LogP contribution in [0.25, 0.3) is 0 Å². The molecule has 1 aromatic heterocycles. The van der Waals surface area contributed by atoms with Crippen LogP contribution in [0, 0.1) is 5.92 Å². The first kappa shape index (κ1) is 19.7. The Kier molecular flexibility index (Phi) is 6.06. The van der Waals surface area contributed by atoms with Crippen LogP contribution in [0.3, 0.4) is 0 Å². The molecule has 27 heavy (non-hydrogen) atoms. The Hall–Kier alpha value is -2.06. The van der Waals surface area contributed by atoms with Gasteiger partial charge < -0.3 is 9.64 Å². The predicted octanol–water partition coefficient (Wildman–Crippen LogP) is 3.21. The van der Waals surface area contributed by atoms with Crippen molar-refractivity contribution < 1.29 is 17.9 Å². The van der Waals surface area contributed by atoms with Crippen molar-refractivity contribution in [2.24, 2.45) is 5.92 Å². The van der Waals surface area contributed by atoms with Gasteiger partial charge in [-0.15, -0.1) is 11.3 Å². The molecule has 8 heteroatoms. The third kappa shape index (κ3) is 4.62. The summed E-state index contributed by atoms with van der Waals surface area (Å²) < 4.78 is 32.2. The van der Waals surface area contributed by atoms with Gasteiger partial charge in [0.1, 0.15) is 9.96 Å². The van der Waals surface area contributed by atoms with Crippen LogP contribution in [0.2, 0.25) is 0 Å². The zero-order valence-corrected chi connectivity index (χ0v) is 17.1. The summed E-state index contributed by atoms with van der Waals surface area (Å²) in [6, 6.07) is 10.0. The van der Waals surface area contributed by atoms with E-state index in [0.29, 0.717) is 21.6 Å². The number of rotatable bonds is 6. The zero-order valence-electron chi connectivity index (χ0n) is 15.5. The number of amides is 1. The Morgan fingerprint density at radius 2 is 1.89 bits per heavy atom. The molecule has 0 bridgehead atoms. The molecular formula is C19H24N2O4S2. The van der Waals surface area contributed by atoms with Crippen LogP contribution in [0.1, 0.15) is 19.8 Å². The molecule has 0 atom stereocenters. The van der Waals surface area contributed by atoms with Gasteiger partial charge in [0.05, 0.1) is 5.69 Å². The van der Waals surface area contributed by atoms with Crippen LogP contribution < -0.4 is 9.04 Å². The largest absolute Gasteiger partial charge is 0.484 e. The van der Waals surface area contributed by atoms with E-state index in [0.717, 1.165) is 25.9 Å². The quantitative estimate of drug-likeness (QED) is 0.736. The normalized spacial score (nSPS) is 15.6. The lowest BCUT2D eigenvalue weighted by atomic mass is 9.99.